The van der Waals surface area contributed by atoms with Gasteiger partial charge >= 0.3 is 12.3 Å². The fraction of sp³-hybridized carbons (Fsp3) is 0.323. The topological polar surface area (TPSA) is 44.8 Å². The Hall–Kier alpha value is -3.92. The molecule has 4 rings (SSSR count). The van der Waals surface area contributed by atoms with E-state index < -0.39 is 6.36 Å². The van der Waals surface area contributed by atoms with Crippen LogP contribution in [0, 0.1) is 12.3 Å². The van der Waals surface area contributed by atoms with Gasteiger partial charge in [-0.3, -0.25) is 4.79 Å². The summed E-state index contributed by atoms with van der Waals surface area (Å²) in [6.07, 6.45) is 2.37. The van der Waals surface area contributed by atoms with Crippen molar-refractivity contribution in [2.75, 3.05) is 7.11 Å². The van der Waals surface area contributed by atoms with Gasteiger partial charge in [-0.25, -0.2) is 0 Å². The number of aryl methyl sites for hydroxylation is 2. The summed E-state index contributed by atoms with van der Waals surface area (Å²) in [5, 5.41) is 0. The summed E-state index contributed by atoms with van der Waals surface area (Å²) in [7, 11) is 1.38. The summed E-state index contributed by atoms with van der Waals surface area (Å²) in [5.74, 6) is 2.52. The Kier molecular flexibility index (Phi) is 11.7. The van der Waals surface area contributed by atoms with Crippen molar-refractivity contribution in [1.29, 1.82) is 0 Å². The van der Waals surface area contributed by atoms with Gasteiger partial charge in [0.15, 0.2) is 0 Å². The van der Waals surface area contributed by atoms with Gasteiger partial charge in [-0.1, -0.05) is 56.3 Å². The quantitative estimate of drug-likeness (QED) is 0.231. The third-order valence-corrected chi connectivity index (χ3v) is 5.61. The summed E-state index contributed by atoms with van der Waals surface area (Å²) in [5.41, 5.74) is 4.72. The van der Waals surface area contributed by atoms with E-state index in [-0.39, 0.29) is 17.8 Å². The van der Waals surface area contributed by atoms with E-state index in [2.05, 4.69) is 21.8 Å². The van der Waals surface area contributed by atoms with Crippen LogP contribution in [-0.4, -0.2) is 19.4 Å². The Balaban J connectivity index is 0.000000947. The molecule has 1 aliphatic carbocycles. The van der Waals surface area contributed by atoms with Gasteiger partial charge < -0.3 is 14.2 Å². The van der Waals surface area contributed by atoms with E-state index in [0.717, 1.165) is 40.8 Å². The molecule has 1 atom stereocenters. The second-order valence-electron chi connectivity index (χ2n) is 8.14. The molecule has 1 unspecified atom stereocenters. The van der Waals surface area contributed by atoms with Gasteiger partial charge in [0.25, 0.3) is 0 Å². The molecule has 38 heavy (non-hydrogen) atoms. The fourth-order valence-corrected chi connectivity index (χ4v) is 4.00. The minimum Gasteiger partial charge on any atom is -0.486 e. The van der Waals surface area contributed by atoms with Crippen molar-refractivity contribution in [3.63, 3.8) is 0 Å². The number of carbonyl (C=O) groups is 1. The standard InChI is InChI=1S/C26H23F3O4.C3H4.C2H6/c1-31-25(30)14-7-17-5-10-21(11-6-17)32-24-13-9-20-15-19(8-12-23(20)24)18-3-2-4-22(16-18)33-26(27,28)29;1-3-2;1-2/h2-6,8,10-12,15-16,24H,7,9,13-14H2,1H3;1H,2H3;1-2H3. The van der Waals surface area contributed by atoms with E-state index in [1.165, 1.54) is 19.2 Å². The van der Waals surface area contributed by atoms with E-state index in [1.54, 1.807) is 19.1 Å². The molecule has 0 heterocycles. The van der Waals surface area contributed by atoms with Gasteiger partial charge in [-0.05, 0) is 78.3 Å². The molecule has 3 aromatic rings. The van der Waals surface area contributed by atoms with Crippen LogP contribution in [0.5, 0.6) is 11.5 Å². The molecule has 1 aliphatic rings. The molecule has 0 amide bonds. The first-order valence-corrected chi connectivity index (χ1v) is 12.4. The highest BCUT2D eigenvalue weighted by atomic mass is 19.4. The summed E-state index contributed by atoms with van der Waals surface area (Å²) in [4.78, 5) is 11.3. The molecular formula is C31H33F3O4. The lowest BCUT2D eigenvalue weighted by Crippen LogP contribution is -2.17. The number of rotatable bonds is 7. The van der Waals surface area contributed by atoms with Crippen LogP contribution in [0.3, 0.4) is 0 Å². The number of carbonyl (C=O) groups excluding carboxylic acids is 1. The number of hydrogen-bond donors (Lipinski definition) is 0. The minimum atomic E-state index is -4.72. The molecule has 202 valence electrons. The van der Waals surface area contributed by atoms with E-state index in [9.17, 15) is 18.0 Å². The van der Waals surface area contributed by atoms with Crippen molar-refractivity contribution in [3.05, 3.63) is 83.4 Å². The van der Waals surface area contributed by atoms with Gasteiger partial charge in [0.2, 0.25) is 0 Å². The second kappa shape index (κ2) is 14.7. The summed E-state index contributed by atoms with van der Waals surface area (Å²) in [6.45, 7) is 5.65. The van der Waals surface area contributed by atoms with E-state index in [4.69, 9.17) is 4.74 Å². The third-order valence-electron chi connectivity index (χ3n) is 5.61. The molecule has 3 aromatic carbocycles. The maximum absolute atomic E-state index is 12.5. The molecule has 0 aliphatic heterocycles. The lowest BCUT2D eigenvalue weighted by atomic mass is 10.00. The van der Waals surface area contributed by atoms with Crippen LogP contribution in [0.25, 0.3) is 11.1 Å². The Morgan fingerprint density at radius 3 is 2.29 bits per heavy atom. The van der Waals surface area contributed by atoms with Crippen LogP contribution in [0.4, 0.5) is 13.2 Å². The molecule has 0 saturated carbocycles. The highest BCUT2D eigenvalue weighted by molar-refractivity contribution is 5.69. The second-order valence-corrected chi connectivity index (χ2v) is 8.14. The van der Waals surface area contributed by atoms with Crippen molar-refractivity contribution in [2.24, 2.45) is 0 Å². The van der Waals surface area contributed by atoms with Crippen molar-refractivity contribution < 1.29 is 32.2 Å². The number of hydrogen-bond acceptors (Lipinski definition) is 4. The predicted molar refractivity (Wildman–Crippen MR) is 143 cm³/mol. The van der Waals surface area contributed by atoms with E-state index >= 15 is 0 Å². The molecular weight excluding hydrogens is 493 g/mol. The number of benzene rings is 3. The first-order valence-electron chi connectivity index (χ1n) is 12.4. The van der Waals surface area contributed by atoms with E-state index in [0.29, 0.717) is 18.4 Å². The smallest absolute Gasteiger partial charge is 0.486 e. The van der Waals surface area contributed by atoms with Gasteiger partial charge in [0.1, 0.15) is 17.6 Å². The van der Waals surface area contributed by atoms with Crippen LogP contribution >= 0.6 is 0 Å². The molecule has 0 fully saturated rings. The average Bonchev–Trinajstić information content (AvgIpc) is 3.30. The van der Waals surface area contributed by atoms with Crippen LogP contribution in [0.15, 0.2) is 66.7 Å². The Morgan fingerprint density at radius 1 is 1.00 bits per heavy atom. The Bertz CT molecular complexity index is 1210. The minimum absolute atomic E-state index is 0.0881. The number of alkyl halides is 3. The van der Waals surface area contributed by atoms with Crippen molar-refractivity contribution in [3.8, 4) is 35.0 Å². The highest BCUT2D eigenvalue weighted by Crippen LogP contribution is 2.38. The Morgan fingerprint density at radius 2 is 1.66 bits per heavy atom. The first-order chi connectivity index (χ1) is 18.2. The molecule has 0 radical (unpaired) electrons. The number of fused-ring (bicyclic) bond motifs is 1. The lowest BCUT2D eigenvalue weighted by molar-refractivity contribution is -0.274. The van der Waals surface area contributed by atoms with E-state index in [1.807, 2.05) is 56.3 Å². The first kappa shape index (κ1) is 30.3. The highest BCUT2D eigenvalue weighted by Gasteiger charge is 2.31. The Labute approximate surface area is 222 Å². The number of terminal acetylenes is 1. The number of esters is 1. The SMILES string of the molecule is C#CC.CC.COC(=O)CCc1ccc(OC2CCc3cc(-c4cccc(OC(F)(F)F)c4)ccc32)cc1. The average molecular weight is 527 g/mol. The molecule has 4 nitrogen and oxygen atoms in total. The predicted octanol–water partition coefficient (Wildman–Crippen LogP) is 8.09. The van der Waals surface area contributed by atoms with Gasteiger partial charge in [-0.15, -0.1) is 25.5 Å². The van der Waals surface area contributed by atoms with Gasteiger partial charge in [0.05, 0.1) is 7.11 Å². The summed E-state index contributed by atoms with van der Waals surface area (Å²) in [6, 6.07) is 19.5. The van der Waals surface area contributed by atoms with Crippen LogP contribution in [0.2, 0.25) is 0 Å². The normalized spacial score (nSPS) is 13.5. The fourth-order valence-electron chi connectivity index (χ4n) is 4.00. The van der Waals surface area contributed by atoms with Crippen LogP contribution in [-0.2, 0) is 22.4 Å². The number of ether oxygens (including phenoxy) is 3. The number of methoxy groups -OCH3 is 1. The van der Waals surface area contributed by atoms with Crippen molar-refractivity contribution >= 4 is 5.97 Å². The van der Waals surface area contributed by atoms with Crippen molar-refractivity contribution in [1.82, 2.24) is 0 Å². The maximum atomic E-state index is 12.5. The molecule has 0 aromatic heterocycles. The molecule has 7 heteroatoms. The van der Waals surface area contributed by atoms with Crippen LogP contribution in [0.1, 0.15) is 56.4 Å². The molecule has 0 spiro atoms. The largest absolute Gasteiger partial charge is 0.573 e. The van der Waals surface area contributed by atoms with Gasteiger partial charge in [-0.2, -0.15) is 0 Å². The van der Waals surface area contributed by atoms with Gasteiger partial charge in [0, 0.05) is 6.42 Å². The third kappa shape index (κ3) is 9.19. The number of halogens is 3. The maximum Gasteiger partial charge on any atom is 0.573 e. The summed E-state index contributed by atoms with van der Waals surface area (Å²) < 4.78 is 52.5. The van der Waals surface area contributed by atoms with Crippen molar-refractivity contribution in [2.45, 2.75) is 58.9 Å². The zero-order valence-corrected chi connectivity index (χ0v) is 22.1. The summed E-state index contributed by atoms with van der Waals surface area (Å²) >= 11 is 0. The molecule has 0 bridgehead atoms. The molecule has 0 saturated heterocycles. The monoisotopic (exact) mass is 526 g/mol. The molecule has 0 N–H and O–H groups in total. The zero-order valence-electron chi connectivity index (χ0n) is 22.1. The van der Waals surface area contributed by atoms with Crippen LogP contribution < -0.4 is 9.47 Å². The zero-order chi connectivity index (χ0) is 28.1. The lowest BCUT2D eigenvalue weighted by Gasteiger charge is -2.16.